The van der Waals surface area contributed by atoms with E-state index in [1.165, 1.54) is 24.5 Å². The molecule has 0 atom stereocenters. The number of aryl methyl sites for hydroxylation is 1. The molecule has 1 N–H and O–H groups in total. The van der Waals surface area contributed by atoms with Crippen LogP contribution in [0.3, 0.4) is 0 Å². The van der Waals surface area contributed by atoms with Gasteiger partial charge >= 0.3 is 0 Å². The topological polar surface area (TPSA) is 102 Å². The van der Waals surface area contributed by atoms with Crippen LogP contribution in [0, 0.1) is 6.92 Å². The van der Waals surface area contributed by atoms with E-state index in [0.29, 0.717) is 42.6 Å². The van der Waals surface area contributed by atoms with Gasteiger partial charge in [-0.25, -0.2) is 26.2 Å². The SMILES string of the molecule is Cc1ccc(S(=O)(=O)n2cc(NC(=O)c3cnn(Cc4ccccc4)c3)c3cc(-c4cccc(CN5CCCC(F)(F)C5)c4)cnc32)cc1. The molecule has 12 heteroatoms. The summed E-state index contributed by atoms with van der Waals surface area (Å²) >= 11 is 0. The molecule has 0 saturated carbocycles. The van der Waals surface area contributed by atoms with Crippen molar-refractivity contribution in [2.75, 3.05) is 18.4 Å². The van der Waals surface area contributed by atoms with Gasteiger partial charge in [-0.05, 0) is 60.8 Å². The fourth-order valence-electron chi connectivity index (χ4n) is 6.17. The number of fused-ring (bicyclic) bond motifs is 1. The highest BCUT2D eigenvalue weighted by atomic mass is 32.2. The average molecular weight is 681 g/mol. The first-order valence-electron chi connectivity index (χ1n) is 15.9. The van der Waals surface area contributed by atoms with Gasteiger partial charge in [0.15, 0.2) is 5.65 Å². The Kier molecular flexibility index (Phi) is 8.59. The van der Waals surface area contributed by atoms with E-state index in [1.54, 1.807) is 40.2 Å². The lowest BCUT2D eigenvalue weighted by molar-refractivity contribution is -0.0661. The molecular formula is C37H34F2N6O3S. The number of nitrogens with zero attached hydrogens (tertiary/aromatic N) is 5. The maximum absolute atomic E-state index is 14.1. The van der Waals surface area contributed by atoms with E-state index in [0.717, 1.165) is 26.2 Å². The molecule has 1 aliphatic rings. The number of halogens is 2. The van der Waals surface area contributed by atoms with E-state index >= 15 is 0 Å². The number of aromatic nitrogens is 4. The zero-order valence-electron chi connectivity index (χ0n) is 26.8. The molecule has 7 rings (SSSR count). The van der Waals surface area contributed by atoms with Gasteiger partial charge in [-0.3, -0.25) is 14.4 Å². The molecule has 1 fully saturated rings. The molecule has 1 aliphatic heterocycles. The Balaban J connectivity index is 1.23. The van der Waals surface area contributed by atoms with E-state index in [4.69, 9.17) is 0 Å². The Morgan fingerprint density at radius 1 is 0.898 bits per heavy atom. The van der Waals surface area contributed by atoms with Crippen LogP contribution < -0.4 is 5.32 Å². The number of rotatable bonds is 9. The number of piperidine rings is 1. The van der Waals surface area contributed by atoms with Gasteiger partial charge in [-0.1, -0.05) is 66.2 Å². The zero-order chi connectivity index (χ0) is 34.2. The fraction of sp³-hybridized carbons (Fsp3) is 0.216. The van der Waals surface area contributed by atoms with Crippen LogP contribution in [0.1, 0.15) is 39.9 Å². The number of alkyl halides is 2. The van der Waals surface area contributed by atoms with Crippen LogP contribution in [0.15, 0.2) is 115 Å². The molecule has 0 radical (unpaired) electrons. The van der Waals surface area contributed by atoms with Crippen LogP contribution in [0.5, 0.6) is 0 Å². The van der Waals surface area contributed by atoms with Crippen molar-refractivity contribution < 1.29 is 22.0 Å². The lowest BCUT2D eigenvalue weighted by atomic mass is 10.0. The summed E-state index contributed by atoms with van der Waals surface area (Å²) in [5.74, 6) is -3.16. The third kappa shape index (κ3) is 7.01. The maximum Gasteiger partial charge on any atom is 0.269 e. The fourth-order valence-corrected chi connectivity index (χ4v) is 7.49. The molecule has 0 unspecified atom stereocenters. The second-order valence-electron chi connectivity index (χ2n) is 12.5. The number of hydrogen-bond acceptors (Lipinski definition) is 6. The van der Waals surface area contributed by atoms with E-state index < -0.39 is 21.9 Å². The Hall–Kier alpha value is -5.20. The number of benzene rings is 3. The highest BCUT2D eigenvalue weighted by molar-refractivity contribution is 7.90. The smallest absolute Gasteiger partial charge is 0.269 e. The summed E-state index contributed by atoms with van der Waals surface area (Å²) in [6, 6.07) is 25.6. The molecular weight excluding hydrogens is 647 g/mol. The summed E-state index contributed by atoms with van der Waals surface area (Å²) in [7, 11) is -4.08. The summed E-state index contributed by atoms with van der Waals surface area (Å²) < 4.78 is 58.6. The average Bonchev–Trinajstić information content (AvgIpc) is 3.70. The van der Waals surface area contributed by atoms with Crippen LogP contribution in [-0.2, 0) is 23.1 Å². The number of likely N-dealkylation sites (tertiary alicyclic amines) is 1. The molecule has 6 aromatic rings. The molecule has 250 valence electrons. The van der Waals surface area contributed by atoms with E-state index in [9.17, 15) is 22.0 Å². The number of carbonyl (C=O) groups is 1. The molecule has 0 spiro atoms. The second-order valence-corrected chi connectivity index (χ2v) is 14.3. The minimum absolute atomic E-state index is 0.0805. The van der Waals surface area contributed by atoms with Crippen LogP contribution in [0.4, 0.5) is 14.5 Å². The second kappa shape index (κ2) is 13.0. The van der Waals surface area contributed by atoms with Crippen molar-refractivity contribution >= 4 is 32.7 Å². The third-order valence-electron chi connectivity index (χ3n) is 8.66. The first-order valence-corrected chi connectivity index (χ1v) is 17.4. The van der Waals surface area contributed by atoms with Crippen molar-refractivity contribution in [3.8, 4) is 11.1 Å². The first-order chi connectivity index (χ1) is 23.5. The molecule has 49 heavy (non-hydrogen) atoms. The van der Waals surface area contributed by atoms with E-state index in [-0.39, 0.29) is 29.2 Å². The molecule has 0 aliphatic carbocycles. The Labute approximate surface area is 282 Å². The number of nitrogens with one attached hydrogen (secondary N) is 1. The minimum atomic E-state index is -4.08. The highest BCUT2D eigenvalue weighted by Gasteiger charge is 2.35. The van der Waals surface area contributed by atoms with Crippen molar-refractivity contribution in [2.24, 2.45) is 0 Å². The summed E-state index contributed by atoms with van der Waals surface area (Å²) in [5, 5.41) is 7.64. The molecule has 0 bridgehead atoms. The van der Waals surface area contributed by atoms with E-state index in [2.05, 4.69) is 15.4 Å². The number of hydrogen-bond donors (Lipinski definition) is 1. The monoisotopic (exact) mass is 680 g/mol. The number of amides is 1. The largest absolute Gasteiger partial charge is 0.320 e. The Bertz CT molecular complexity index is 2250. The molecule has 3 aromatic heterocycles. The van der Waals surface area contributed by atoms with Gasteiger partial charge in [-0.2, -0.15) is 5.10 Å². The van der Waals surface area contributed by atoms with Gasteiger partial charge in [0.1, 0.15) is 0 Å². The summed E-state index contributed by atoms with van der Waals surface area (Å²) in [6.07, 6.45) is 6.40. The van der Waals surface area contributed by atoms with Crippen molar-refractivity contribution in [1.29, 1.82) is 0 Å². The predicted octanol–water partition coefficient (Wildman–Crippen LogP) is 6.98. The first kappa shape index (κ1) is 32.4. The molecule has 9 nitrogen and oxygen atoms in total. The summed E-state index contributed by atoms with van der Waals surface area (Å²) in [4.78, 5) is 20.0. The highest BCUT2D eigenvalue weighted by Crippen LogP contribution is 2.33. The number of anilines is 1. The van der Waals surface area contributed by atoms with Gasteiger partial charge in [0, 0.05) is 42.5 Å². The molecule has 3 aromatic carbocycles. The van der Waals surface area contributed by atoms with Gasteiger partial charge in [0.25, 0.3) is 21.9 Å². The van der Waals surface area contributed by atoms with Crippen LogP contribution in [-0.4, -0.2) is 57.0 Å². The Morgan fingerprint density at radius 3 is 2.45 bits per heavy atom. The van der Waals surface area contributed by atoms with Gasteiger partial charge in [-0.15, -0.1) is 0 Å². The van der Waals surface area contributed by atoms with Gasteiger partial charge < -0.3 is 5.32 Å². The standard InChI is InChI=1S/C37H34F2N6O3S/c1-26-11-13-32(14-12-26)49(47,48)45-24-34(42-36(46)31-20-41-44(23-31)22-27-7-3-2-4-8-27)33-18-30(19-40-35(33)45)29-10-5-9-28(17-29)21-43-16-6-15-37(38,39)25-43/h2-5,7-14,17-20,23-24H,6,15-16,21-22,25H2,1H3,(H,42,46). The quantitative estimate of drug-likeness (QED) is 0.177. The summed E-state index contributed by atoms with van der Waals surface area (Å²) in [5.41, 5.74) is 4.97. The van der Waals surface area contributed by atoms with Crippen molar-refractivity contribution in [1.82, 2.24) is 23.6 Å². The number of carbonyl (C=O) groups excluding carboxylic acids is 1. The van der Waals surface area contributed by atoms with Gasteiger partial charge in [0.05, 0.1) is 35.4 Å². The lowest BCUT2D eigenvalue weighted by Crippen LogP contribution is -2.41. The number of pyridine rings is 1. The summed E-state index contributed by atoms with van der Waals surface area (Å²) in [6.45, 7) is 3.06. The molecule has 1 saturated heterocycles. The Morgan fingerprint density at radius 2 is 1.67 bits per heavy atom. The predicted molar refractivity (Wildman–Crippen MR) is 184 cm³/mol. The van der Waals surface area contributed by atoms with Gasteiger partial charge in [0.2, 0.25) is 0 Å². The van der Waals surface area contributed by atoms with Crippen LogP contribution in [0.25, 0.3) is 22.2 Å². The zero-order valence-corrected chi connectivity index (χ0v) is 27.6. The maximum atomic E-state index is 14.1. The molecule has 1 amide bonds. The van der Waals surface area contributed by atoms with Crippen molar-refractivity contribution in [3.63, 3.8) is 0 Å². The van der Waals surface area contributed by atoms with E-state index in [1.807, 2.05) is 61.5 Å². The lowest BCUT2D eigenvalue weighted by Gasteiger charge is -2.32. The normalized spacial score (nSPS) is 15.0. The molecule has 4 heterocycles. The van der Waals surface area contributed by atoms with Crippen molar-refractivity contribution in [2.45, 2.75) is 43.7 Å². The van der Waals surface area contributed by atoms with Crippen LogP contribution >= 0.6 is 0 Å². The van der Waals surface area contributed by atoms with Crippen LogP contribution in [0.2, 0.25) is 0 Å². The minimum Gasteiger partial charge on any atom is -0.320 e. The van der Waals surface area contributed by atoms with Crippen molar-refractivity contribution in [3.05, 3.63) is 132 Å². The third-order valence-corrected chi connectivity index (χ3v) is 10.3.